The zero-order chi connectivity index (χ0) is 28.9. The molecule has 12 heteroatoms. The van der Waals surface area contributed by atoms with Crippen LogP contribution in [0.2, 0.25) is 0 Å². The quantitative estimate of drug-likeness (QED) is 0.235. The number of allylic oxidation sites excluding steroid dienone is 1. The molecular weight excluding hydrogens is 628 g/mol. The van der Waals surface area contributed by atoms with Gasteiger partial charge in [0.15, 0.2) is 14.9 Å². The van der Waals surface area contributed by atoms with E-state index in [1.807, 2.05) is 38.1 Å². The monoisotopic (exact) mass is 652 g/mol. The average molecular weight is 654 g/mol. The van der Waals surface area contributed by atoms with E-state index in [0.717, 1.165) is 4.47 Å². The fraction of sp³-hybridized carbons (Fsp3) is 0.207. The molecule has 2 N–H and O–H groups in total. The van der Waals surface area contributed by atoms with Crippen molar-refractivity contribution in [3.05, 3.63) is 98.8 Å². The van der Waals surface area contributed by atoms with Crippen molar-refractivity contribution in [2.75, 3.05) is 16.0 Å². The number of nitrogens with one attached hydrogen (secondary N) is 1. The van der Waals surface area contributed by atoms with Crippen LogP contribution in [0.4, 0.5) is 11.4 Å². The van der Waals surface area contributed by atoms with Crippen molar-refractivity contribution in [3.8, 4) is 16.6 Å². The van der Waals surface area contributed by atoms with E-state index < -0.39 is 27.2 Å². The van der Waals surface area contributed by atoms with Gasteiger partial charge in [-0.2, -0.15) is 0 Å². The maximum Gasteiger partial charge on any atom is 0.279 e. The van der Waals surface area contributed by atoms with Crippen LogP contribution in [-0.2, 0) is 9.84 Å². The highest BCUT2D eigenvalue weighted by Gasteiger charge is 2.48. The number of aromatic hydroxyl groups is 1. The normalized spacial score (nSPS) is 19.0. The first-order valence-electron chi connectivity index (χ1n) is 12.7. The molecule has 1 amide bonds. The van der Waals surface area contributed by atoms with Gasteiger partial charge in [0.1, 0.15) is 28.9 Å². The second kappa shape index (κ2) is 10.3. The Morgan fingerprint density at radius 1 is 1.15 bits per heavy atom. The number of hydrogen-bond acceptors (Lipinski definition) is 9. The molecule has 9 nitrogen and oxygen atoms in total. The summed E-state index contributed by atoms with van der Waals surface area (Å²) < 4.78 is 35.1. The second-order valence-corrected chi connectivity index (χ2v) is 14.5. The molecule has 4 heterocycles. The number of rotatable bonds is 4. The van der Waals surface area contributed by atoms with Gasteiger partial charge in [0.2, 0.25) is 0 Å². The number of carbonyl (C=O) groups excluding carboxylic acids is 1. The van der Waals surface area contributed by atoms with Crippen LogP contribution in [0.15, 0.2) is 88.3 Å². The van der Waals surface area contributed by atoms with Crippen molar-refractivity contribution in [2.24, 2.45) is 5.41 Å². The minimum atomic E-state index is -3.88. The molecule has 0 saturated carbocycles. The zero-order valence-electron chi connectivity index (χ0n) is 22.0. The molecule has 0 radical (unpaired) electrons. The van der Waals surface area contributed by atoms with Gasteiger partial charge in [0, 0.05) is 23.0 Å². The van der Waals surface area contributed by atoms with E-state index in [4.69, 9.17) is 4.74 Å². The van der Waals surface area contributed by atoms with Crippen molar-refractivity contribution >= 4 is 54.4 Å². The van der Waals surface area contributed by atoms with Gasteiger partial charge in [-0.3, -0.25) is 14.7 Å². The summed E-state index contributed by atoms with van der Waals surface area (Å²) in [5.74, 6) is -0.180. The van der Waals surface area contributed by atoms with Crippen LogP contribution in [0, 0.1) is 5.41 Å². The molecule has 0 bridgehead atoms. The highest BCUT2D eigenvalue weighted by Crippen LogP contribution is 2.53. The molecule has 4 aromatic rings. The van der Waals surface area contributed by atoms with Crippen LogP contribution in [0.1, 0.15) is 41.7 Å². The summed E-state index contributed by atoms with van der Waals surface area (Å²) in [4.78, 5) is 24.5. The zero-order valence-corrected chi connectivity index (χ0v) is 25.3. The molecule has 1 unspecified atom stereocenters. The number of phenolic OH excluding ortho intramolecular Hbond substituents is 1. The first-order chi connectivity index (χ1) is 19.5. The maximum atomic E-state index is 14.2. The SMILES string of the molecule is CC1(C)CC2=C(C(c3ccc(Oc4ccccc4Br)s3)N(C(=O)c3cnccn3)c3cccc(O)c3N2)S(=O)(=O)C1. The van der Waals surface area contributed by atoms with E-state index in [-0.39, 0.29) is 27.8 Å². The van der Waals surface area contributed by atoms with Gasteiger partial charge in [0.25, 0.3) is 5.91 Å². The van der Waals surface area contributed by atoms with E-state index in [2.05, 4.69) is 31.2 Å². The van der Waals surface area contributed by atoms with Crippen LogP contribution in [0.5, 0.6) is 16.6 Å². The highest BCUT2D eigenvalue weighted by atomic mass is 79.9. The summed E-state index contributed by atoms with van der Waals surface area (Å²) in [6, 6.07) is 14.7. The Bertz CT molecular complexity index is 1800. The lowest BCUT2D eigenvalue weighted by Gasteiger charge is -2.36. The Labute approximate surface area is 249 Å². The Hall–Kier alpha value is -3.74. The largest absolute Gasteiger partial charge is 0.506 e. The third-order valence-electron chi connectivity index (χ3n) is 6.85. The Balaban J connectivity index is 1.59. The van der Waals surface area contributed by atoms with Crippen LogP contribution < -0.4 is 15.0 Å². The van der Waals surface area contributed by atoms with Crippen molar-refractivity contribution < 1.29 is 23.1 Å². The lowest BCUT2D eigenvalue weighted by molar-refractivity contribution is 0.0976. The van der Waals surface area contributed by atoms with E-state index in [1.54, 1.807) is 24.3 Å². The van der Waals surface area contributed by atoms with Crippen LogP contribution >= 0.6 is 27.3 Å². The topological polar surface area (TPSA) is 122 Å². The number of aromatic nitrogens is 2. The lowest BCUT2D eigenvalue weighted by atomic mass is 9.89. The minimum Gasteiger partial charge on any atom is -0.506 e. The number of hydrogen-bond donors (Lipinski definition) is 2. The number of phenols is 1. The standard InChI is InChI=1S/C29H25BrN4O5S2/c1-29(2)14-18-27(41(37,38)16-29)26(23-10-11-24(40-23)39-22-9-4-3-6-17(22)30)34(28(36)19-15-31-12-13-32-19)20-7-5-8-21(35)25(20)33-18/h3-13,15,26,33,35H,14,16H2,1-2H3. The predicted octanol–water partition coefficient (Wildman–Crippen LogP) is 6.67. The number of fused-ring (bicyclic) bond motifs is 1. The minimum absolute atomic E-state index is 0.0330. The van der Waals surface area contributed by atoms with Gasteiger partial charge in [0.05, 0.1) is 27.0 Å². The number of thiophene rings is 1. The summed E-state index contributed by atoms with van der Waals surface area (Å²) in [6.45, 7) is 3.78. The van der Waals surface area contributed by atoms with Crippen molar-refractivity contribution in [3.63, 3.8) is 0 Å². The van der Waals surface area contributed by atoms with Crippen LogP contribution in [0.25, 0.3) is 0 Å². The Morgan fingerprint density at radius 3 is 2.71 bits per heavy atom. The molecule has 0 spiro atoms. The van der Waals surface area contributed by atoms with Gasteiger partial charge in [-0.25, -0.2) is 13.4 Å². The van der Waals surface area contributed by atoms with Crippen molar-refractivity contribution in [1.29, 1.82) is 0 Å². The van der Waals surface area contributed by atoms with Gasteiger partial charge in [-0.1, -0.05) is 32.0 Å². The number of para-hydroxylation sites is 2. The predicted molar refractivity (Wildman–Crippen MR) is 161 cm³/mol. The average Bonchev–Trinajstić information content (AvgIpc) is 3.32. The molecule has 2 aromatic carbocycles. The van der Waals surface area contributed by atoms with Gasteiger partial charge in [-0.15, -0.1) is 11.3 Å². The molecule has 6 rings (SSSR count). The number of nitrogens with zero attached hydrogens (tertiary/aromatic N) is 3. The molecule has 2 aliphatic heterocycles. The second-order valence-electron chi connectivity index (χ2n) is 10.6. The molecule has 41 heavy (non-hydrogen) atoms. The molecule has 0 aliphatic carbocycles. The third-order valence-corrected chi connectivity index (χ3v) is 10.8. The smallest absolute Gasteiger partial charge is 0.279 e. The summed E-state index contributed by atoms with van der Waals surface area (Å²) in [6.07, 6.45) is 4.59. The molecule has 2 aliphatic rings. The maximum absolute atomic E-state index is 14.2. The van der Waals surface area contributed by atoms with Crippen LogP contribution in [0.3, 0.4) is 0 Å². The number of ether oxygens (including phenoxy) is 1. The molecule has 0 saturated heterocycles. The Kier molecular flexibility index (Phi) is 6.87. The first-order valence-corrected chi connectivity index (χ1v) is 16.0. The fourth-order valence-electron chi connectivity index (χ4n) is 5.29. The fourth-order valence-corrected chi connectivity index (χ4v) is 9.06. The number of amides is 1. The van der Waals surface area contributed by atoms with Gasteiger partial charge in [-0.05, 0) is 64.2 Å². The van der Waals surface area contributed by atoms with E-state index in [9.17, 15) is 18.3 Å². The van der Waals surface area contributed by atoms with E-state index in [0.29, 0.717) is 33.5 Å². The van der Waals surface area contributed by atoms with E-state index >= 15 is 0 Å². The van der Waals surface area contributed by atoms with Crippen molar-refractivity contribution in [1.82, 2.24) is 9.97 Å². The molecule has 2 aromatic heterocycles. The van der Waals surface area contributed by atoms with Crippen molar-refractivity contribution in [2.45, 2.75) is 26.3 Å². The van der Waals surface area contributed by atoms with Gasteiger partial charge < -0.3 is 15.2 Å². The number of sulfone groups is 1. The number of anilines is 2. The first kappa shape index (κ1) is 27.4. The molecule has 210 valence electrons. The molecule has 0 fully saturated rings. The lowest BCUT2D eigenvalue weighted by Crippen LogP contribution is -2.41. The summed E-state index contributed by atoms with van der Waals surface area (Å²) in [5.41, 5.74) is 0.451. The number of halogens is 1. The molecule has 1 atom stereocenters. The summed E-state index contributed by atoms with van der Waals surface area (Å²) >= 11 is 4.73. The Morgan fingerprint density at radius 2 is 1.95 bits per heavy atom. The third kappa shape index (κ3) is 5.11. The summed E-state index contributed by atoms with van der Waals surface area (Å²) in [7, 11) is -3.88. The van der Waals surface area contributed by atoms with Gasteiger partial charge >= 0.3 is 0 Å². The van der Waals surface area contributed by atoms with Crippen LogP contribution in [-0.4, -0.2) is 35.2 Å². The van der Waals surface area contributed by atoms with E-state index in [1.165, 1.54) is 40.9 Å². The number of carbonyl (C=O) groups is 1. The number of benzene rings is 2. The molecular formula is C29H25BrN4O5S2. The summed E-state index contributed by atoms with van der Waals surface area (Å²) in [5, 5.41) is 14.7. The highest BCUT2D eigenvalue weighted by molar-refractivity contribution is 9.10.